The molecule has 0 radical (unpaired) electrons. The third-order valence-electron chi connectivity index (χ3n) is 4.59. The number of anilines is 1. The molecule has 2 N–H and O–H groups in total. The molecule has 0 aliphatic heterocycles. The molecule has 0 saturated carbocycles. The summed E-state index contributed by atoms with van der Waals surface area (Å²) >= 11 is 0. The highest BCUT2D eigenvalue weighted by atomic mass is 32.2. The number of sulfone groups is 1. The summed E-state index contributed by atoms with van der Waals surface area (Å²) in [5.41, 5.74) is 7.42. The van der Waals surface area contributed by atoms with Crippen LogP contribution in [0.15, 0.2) is 107 Å². The van der Waals surface area contributed by atoms with Gasteiger partial charge in [0, 0.05) is 11.8 Å². The third kappa shape index (κ3) is 4.87. The van der Waals surface area contributed by atoms with Crippen molar-refractivity contribution in [2.24, 2.45) is 0 Å². The Hall–Kier alpha value is -3.77. The van der Waals surface area contributed by atoms with Gasteiger partial charge in [-0.3, -0.25) is 0 Å². The Morgan fingerprint density at radius 1 is 0.613 bits per heavy atom. The molecule has 0 unspecified atom stereocenters. The van der Waals surface area contributed by atoms with Gasteiger partial charge in [0.05, 0.1) is 9.79 Å². The Kier molecular flexibility index (Phi) is 5.64. The smallest absolute Gasteiger partial charge is 0.206 e. The minimum atomic E-state index is -3.66. The molecule has 4 aromatic carbocycles. The molecule has 0 aliphatic rings. The molecular formula is C25H21NO4S. The van der Waals surface area contributed by atoms with E-state index in [1.54, 1.807) is 48.5 Å². The van der Waals surface area contributed by atoms with Gasteiger partial charge in [0.2, 0.25) is 9.84 Å². The Bertz CT molecular complexity index is 1200. The number of aryl methyl sites for hydroxylation is 1. The highest BCUT2D eigenvalue weighted by molar-refractivity contribution is 7.91. The Balaban J connectivity index is 1.50. The Morgan fingerprint density at radius 3 is 1.58 bits per heavy atom. The first-order valence-corrected chi connectivity index (χ1v) is 11.1. The lowest BCUT2D eigenvalue weighted by atomic mass is 10.2. The van der Waals surface area contributed by atoms with Gasteiger partial charge in [0.15, 0.2) is 0 Å². The van der Waals surface area contributed by atoms with Crippen molar-refractivity contribution in [2.75, 3.05) is 5.73 Å². The summed E-state index contributed by atoms with van der Waals surface area (Å²) in [7, 11) is -3.66. The average molecular weight is 432 g/mol. The SMILES string of the molecule is Cc1cccc(Oc2ccc(S(=O)(=O)c3ccc(Oc4cccc(N)c4)cc3)cc2)c1. The maximum Gasteiger partial charge on any atom is 0.206 e. The second kappa shape index (κ2) is 8.53. The first-order valence-electron chi connectivity index (χ1n) is 9.63. The average Bonchev–Trinajstić information content (AvgIpc) is 2.75. The topological polar surface area (TPSA) is 78.6 Å². The van der Waals surface area contributed by atoms with E-state index in [1.165, 1.54) is 24.3 Å². The lowest BCUT2D eigenvalue weighted by Gasteiger charge is -2.10. The summed E-state index contributed by atoms with van der Waals surface area (Å²) in [6.07, 6.45) is 0. The van der Waals surface area contributed by atoms with Crippen molar-refractivity contribution in [1.82, 2.24) is 0 Å². The largest absolute Gasteiger partial charge is 0.457 e. The molecule has 0 bridgehead atoms. The van der Waals surface area contributed by atoms with Gasteiger partial charge in [0.1, 0.15) is 23.0 Å². The molecule has 0 fully saturated rings. The lowest BCUT2D eigenvalue weighted by molar-refractivity contribution is 0.482. The van der Waals surface area contributed by atoms with Crippen LogP contribution >= 0.6 is 0 Å². The number of nitrogens with two attached hydrogens (primary N) is 1. The van der Waals surface area contributed by atoms with Crippen molar-refractivity contribution < 1.29 is 17.9 Å². The van der Waals surface area contributed by atoms with Crippen molar-refractivity contribution in [1.29, 1.82) is 0 Å². The van der Waals surface area contributed by atoms with E-state index in [0.717, 1.165) is 5.56 Å². The molecule has 0 aromatic heterocycles. The van der Waals surface area contributed by atoms with E-state index in [2.05, 4.69) is 0 Å². The number of benzene rings is 4. The van der Waals surface area contributed by atoms with Crippen molar-refractivity contribution in [3.05, 3.63) is 103 Å². The minimum Gasteiger partial charge on any atom is -0.457 e. The lowest BCUT2D eigenvalue weighted by Crippen LogP contribution is -2.01. The van der Waals surface area contributed by atoms with Crippen LogP contribution in [0.3, 0.4) is 0 Å². The standard InChI is InChI=1S/C25H21NO4S/c1-18-4-2-6-22(16-18)29-20-8-12-24(13-9-20)31(27,28)25-14-10-21(11-15-25)30-23-7-3-5-19(26)17-23/h2-17H,26H2,1H3. The van der Waals surface area contributed by atoms with Crippen molar-refractivity contribution in [3.63, 3.8) is 0 Å². The van der Waals surface area contributed by atoms with Crippen molar-refractivity contribution in [3.8, 4) is 23.0 Å². The van der Waals surface area contributed by atoms with E-state index in [4.69, 9.17) is 15.2 Å². The molecule has 4 aromatic rings. The highest BCUT2D eigenvalue weighted by Gasteiger charge is 2.18. The zero-order valence-corrected chi connectivity index (χ0v) is 17.7. The predicted molar refractivity (Wildman–Crippen MR) is 121 cm³/mol. The van der Waals surface area contributed by atoms with Crippen LogP contribution in [0.2, 0.25) is 0 Å². The van der Waals surface area contributed by atoms with E-state index in [1.807, 2.05) is 31.2 Å². The second-order valence-corrected chi connectivity index (χ2v) is 8.99. The minimum absolute atomic E-state index is 0.180. The highest BCUT2D eigenvalue weighted by Crippen LogP contribution is 2.29. The van der Waals surface area contributed by atoms with Crippen molar-refractivity contribution >= 4 is 15.5 Å². The molecule has 0 heterocycles. The fourth-order valence-corrected chi connectivity index (χ4v) is 4.30. The summed E-state index contributed by atoms with van der Waals surface area (Å²) in [6, 6.07) is 27.3. The number of ether oxygens (including phenoxy) is 2. The van der Waals surface area contributed by atoms with Gasteiger partial charge in [0.25, 0.3) is 0 Å². The monoisotopic (exact) mass is 431 g/mol. The molecule has 0 spiro atoms. The molecule has 0 aliphatic carbocycles. The quantitative estimate of drug-likeness (QED) is 0.379. The second-order valence-electron chi connectivity index (χ2n) is 7.04. The van der Waals surface area contributed by atoms with Crippen LogP contribution in [-0.2, 0) is 9.84 Å². The van der Waals surface area contributed by atoms with E-state index in [9.17, 15) is 8.42 Å². The van der Waals surface area contributed by atoms with Crippen LogP contribution in [0.5, 0.6) is 23.0 Å². The van der Waals surface area contributed by atoms with Crippen LogP contribution in [0.4, 0.5) is 5.69 Å². The molecule has 0 saturated heterocycles. The van der Waals surface area contributed by atoms with Gasteiger partial charge >= 0.3 is 0 Å². The van der Waals surface area contributed by atoms with Gasteiger partial charge < -0.3 is 15.2 Å². The summed E-state index contributed by atoms with van der Waals surface area (Å²) in [5.74, 6) is 2.37. The van der Waals surface area contributed by atoms with Crippen LogP contribution in [0.25, 0.3) is 0 Å². The van der Waals surface area contributed by atoms with Gasteiger partial charge in [-0.1, -0.05) is 18.2 Å². The van der Waals surface area contributed by atoms with Crippen molar-refractivity contribution in [2.45, 2.75) is 16.7 Å². The Morgan fingerprint density at radius 2 is 1.10 bits per heavy atom. The zero-order valence-electron chi connectivity index (χ0n) is 16.9. The molecule has 4 rings (SSSR count). The van der Waals surface area contributed by atoms with Gasteiger partial charge in [-0.2, -0.15) is 0 Å². The van der Waals surface area contributed by atoms with Crippen LogP contribution in [0.1, 0.15) is 5.56 Å². The predicted octanol–water partition coefficient (Wildman–Crippen LogP) is 5.99. The Labute approximate surface area is 181 Å². The van der Waals surface area contributed by atoms with E-state index >= 15 is 0 Å². The number of hydrogen-bond donors (Lipinski definition) is 1. The summed E-state index contributed by atoms with van der Waals surface area (Å²) in [4.78, 5) is 0.369. The molecule has 0 atom stereocenters. The first-order chi connectivity index (χ1) is 14.9. The molecule has 31 heavy (non-hydrogen) atoms. The molecule has 6 heteroatoms. The first kappa shape index (κ1) is 20.5. The summed E-state index contributed by atoms with van der Waals surface area (Å²) in [5, 5.41) is 0. The fraction of sp³-hybridized carbons (Fsp3) is 0.0400. The normalized spacial score (nSPS) is 11.1. The third-order valence-corrected chi connectivity index (χ3v) is 6.37. The molecule has 156 valence electrons. The van der Waals surface area contributed by atoms with E-state index in [0.29, 0.717) is 28.7 Å². The number of hydrogen-bond acceptors (Lipinski definition) is 5. The summed E-state index contributed by atoms with van der Waals surface area (Å²) < 4.78 is 37.4. The molecule has 5 nitrogen and oxygen atoms in total. The maximum atomic E-state index is 13.0. The summed E-state index contributed by atoms with van der Waals surface area (Å²) in [6.45, 7) is 1.98. The maximum absolute atomic E-state index is 13.0. The van der Waals surface area contributed by atoms with E-state index in [-0.39, 0.29) is 9.79 Å². The number of rotatable bonds is 6. The molecule has 0 amide bonds. The van der Waals surface area contributed by atoms with Crippen LogP contribution in [-0.4, -0.2) is 8.42 Å². The number of nitrogen functional groups attached to an aromatic ring is 1. The zero-order chi connectivity index (χ0) is 21.8. The van der Waals surface area contributed by atoms with E-state index < -0.39 is 9.84 Å². The van der Waals surface area contributed by atoms with Gasteiger partial charge in [-0.05, 0) is 85.3 Å². The van der Waals surface area contributed by atoms with Gasteiger partial charge in [-0.15, -0.1) is 0 Å². The molecular weight excluding hydrogens is 410 g/mol. The van der Waals surface area contributed by atoms with Crippen LogP contribution < -0.4 is 15.2 Å². The fourth-order valence-electron chi connectivity index (χ4n) is 3.04. The van der Waals surface area contributed by atoms with Crippen LogP contribution in [0, 0.1) is 6.92 Å². The van der Waals surface area contributed by atoms with Gasteiger partial charge in [-0.25, -0.2) is 8.42 Å².